The molecular weight excluding hydrogens is 216 g/mol. The third kappa shape index (κ3) is 1.56. The second-order valence-corrected chi connectivity index (χ2v) is 4.68. The van der Waals surface area contributed by atoms with Gasteiger partial charge >= 0.3 is 0 Å². The molecule has 0 N–H and O–H groups in total. The van der Waals surface area contributed by atoms with Gasteiger partial charge in [0.25, 0.3) is 0 Å². The van der Waals surface area contributed by atoms with Crippen molar-refractivity contribution in [3.05, 3.63) is 16.7 Å². The molecule has 0 radical (unpaired) electrons. The zero-order chi connectivity index (χ0) is 11.8. The Balaban J connectivity index is 2.25. The summed E-state index contributed by atoms with van der Waals surface area (Å²) in [6, 6.07) is 0. The van der Waals surface area contributed by atoms with Gasteiger partial charge in [0.15, 0.2) is 11.5 Å². The van der Waals surface area contributed by atoms with Crippen LogP contribution < -0.4 is 14.2 Å². The maximum atomic E-state index is 5.83. The summed E-state index contributed by atoms with van der Waals surface area (Å²) in [5.74, 6) is 2.90. The standard InChI is InChI=1S/C14H18O3/c1-9-10-5-3-8-17-14(10)13(15-2)11-6-4-7-16-12(9)11/h3-8H2,1-2H3. The monoisotopic (exact) mass is 234 g/mol. The highest BCUT2D eigenvalue weighted by atomic mass is 16.5. The van der Waals surface area contributed by atoms with Gasteiger partial charge in [0.05, 0.1) is 20.3 Å². The van der Waals surface area contributed by atoms with Gasteiger partial charge in [-0.15, -0.1) is 0 Å². The Bertz CT molecular complexity index is 414. The van der Waals surface area contributed by atoms with Crippen LogP contribution in [0.2, 0.25) is 0 Å². The Hall–Kier alpha value is -1.38. The van der Waals surface area contributed by atoms with Crippen LogP contribution in [0.3, 0.4) is 0 Å². The van der Waals surface area contributed by atoms with Crippen molar-refractivity contribution in [1.82, 2.24) is 0 Å². The number of hydrogen-bond donors (Lipinski definition) is 0. The molecule has 3 heteroatoms. The van der Waals surface area contributed by atoms with Crippen LogP contribution in [0, 0.1) is 6.92 Å². The molecule has 3 nitrogen and oxygen atoms in total. The molecular formula is C14H18O3. The SMILES string of the molecule is COc1c2c(c(C)c3c1OCCC3)OCCC2. The van der Waals surface area contributed by atoms with Crippen molar-refractivity contribution in [2.24, 2.45) is 0 Å². The molecule has 0 aliphatic carbocycles. The minimum atomic E-state index is 0.794. The molecule has 1 aromatic rings. The van der Waals surface area contributed by atoms with Crippen LogP contribution in [0.4, 0.5) is 0 Å². The fraction of sp³-hybridized carbons (Fsp3) is 0.571. The quantitative estimate of drug-likeness (QED) is 0.747. The normalized spacial score (nSPS) is 17.5. The van der Waals surface area contributed by atoms with Gasteiger partial charge in [0.1, 0.15) is 5.75 Å². The lowest BCUT2D eigenvalue weighted by atomic mass is 9.93. The van der Waals surface area contributed by atoms with Crippen molar-refractivity contribution in [3.63, 3.8) is 0 Å². The molecule has 0 atom stereocenters. The van der Waals surface area contributed by atoms with Gasteiger partial charge in [-0.3, -0.25) is 0 Å². The lowest BCUT2D eigenvalue weighted by Crippen LogP contribution is -2.17. The van der Waals surface area contributed by atoms with Crippen LogP contribution >= 0.6 is 0 Å². The highest BCUT2D eigenvalue weighted by Crippen LogP contribution is 2.47. The van der Waals surface area contributed by atoms with Gasteiger partial charge < -0.3 is 14.2 Å². The van der Waals surface area contributed by atoms with Gasteiger partial charge in [-0.1, -0.05) is 0 Å². The van der Waals surface area contributed by atoms with Gasteiger partial charge in [-0.05, 0) is 38.2 Å². The molecule has 0 saturated carbocycles. The largest absolute Gasteiger partial charge is 0.493 e. The van der Waals surface area contributed by atoms with Crippen molar-refractivity contribution in [2.45, 2.75) is 32.6 Å². The number of ether oxygens (including phenoxy) is 3. The maximum Gasteiger partial charge on any atom is 0.167 e. The average Bonchev–Trinajstić information content (AvgIpc) is 2.40. The van der Waals surface area contributed by atoms with E-state index in [9.17, 15) is 0 Å². The number of methoxy groups -OCH3 is 1. The Morgan fingerprint density at radius 1 is 0.941 bits per heavy atom. The zero-order valence-corrected chi connectivity index (χ0v) is 10.5. The van der Waals surface area contributed by atoms with E-state index in [0.29, 0.717) is 0 Å². The predicted molar refractivity (Wildman–Crippen MR) is 65.4 cm³/mol. The Morgan fingerprint density at radius 2 is 1.59 bits per heavy atom. The molecule has 0 spiro atoms. The topological polar surface area (TPSA) is 27.7 Å². The van der Waals surface area contributed by atoms with Crippen molar-refractivity contribution in [3.8, 4) is 17.2 Å². The van der Waals surface area contributed by atoms with E-state index in [0.717, 1.165) is 56.1 Å². The first kappa shape index (κ1) is 10.8. The molecule has 2 aliphatic heterocycles. The molecule has 0 aromatic heterocycles. The van der Waals surface area contributed by atoms with Crippen molar-refractivity contribution >= 4 is 0 Å². The van der Waals surface area contributed by atoms with E-state index in [1.54, 1.807) is 7.11 Å². The van der Waals surface area contributed by atoms with E-state index in [-0.39, 0.29) is 0 Å². The van der Waals surface area contributed by atoms with E-state index in [4.69, 9.17) is 14.2 Å². The number of fused-ring (bicyclic) bond motifs is 2. The molecule has 0 saturated heterocycles. The Morgan fingerprint density at radius 3 is 2.29 bits per heavy atom. The van der Waals surface area contributed by atoms with Crippen LogP contribution in [0.1, 0.15) is 29.5 Å². The van der Waals surface area contributed by atoms with E-state index < -0.39 is 0 Å². The van der Waals surface area contributed by atoms with Crippen molar-refractivity contribution in [1.29, 1.82) is 0 Å². The highest BCUT2D eigenvalue weighted by molar-refractivity contribution is 5.63. The summed E-state index contributed by atoms with van der Waals surface area (Å²) >= 11 is 0. The molecule has 0 bridgehead atoms. The molecule has 0 fully saturated rings. The smallest absolute Gasteiger partial charge is 0.167 e. The molecule has 92 valence electrons. The highest BCUT2D eigenvalue weighted by Gasteiger charge is 2.27. The molecule has 3 rings (SSSR count). The van der Waals surface area contributed by atoms with Crippen LogP contribution in [-0.4, -0.2) is 20.3 Å². The molecule has 0 amide bonds. The number of benzene rings is 1. The second kappa shape index (κ2) is 4.13. The third-order valence-corrected chi connectivity index (χ3v) is 3.66. The first-order valence-electron chi connectivity index (χ1n) is 6.31. The summed E-state index contributed by atoms with van der Waals surface area (Å²) in [4.78, 5) is 0. The Labute approximate surface area is 102 Å². The van der Waals surface area contributed by atoms with Crippen LogP contribution in [0.25, 0.3) is 0 Å². The number of rotatable bonds is 1. The van der Waals surface area contributed by atoms with Gasteiger partial charge in [-0.25, -0.2) is 0 Å². The summed E-state index contributed by atoms with van der Waals surface area (Å²) in [6.07, 6.45) is 4.22. The minimum absolute atomic E-state index is 0.794. The first-order chi connectivity index (χ1) is 8.33. The van der Waals surface area contributed by atoms with E-state index in [1.807, 2.05) is 0 Å². The summed E-state index contributed by atoms with van der Waals surface area (Å²) < 4.78 is 17.2. The van der Waals surface area contributed by atoms with Gasteiger partial charge in [0, 0.05) is 11.1 Å². The molecule has 1 aromatic carbocycles. The predicted octanol–water partition coefficient (Wildman–Crippen LogP) is 2.65. The molecule has 2 heterocycles. The average molecular weight is 234 g/mol. The second-order valence-electron chi connectivity index (χ2n) is 4.68. The maximum absolute atomic E-state index is 5.83. The fourth-order valence-electron chi connectivity index (χ4n) is 2.85. The summed E-state index contributed by atoms with van der Waals surface area (Å²) in [7, 11) is 1.72. The lowest BCUT2D eigenvalue weighted by Gasteiger charge is -2.28. The molecule has 0 unspecified atom stereocenters. The van der Waals surface area contributed by atoms with E-state index >= 15 is 0 Å². The number of hydrogen-bond acceptors (Lipinski definition) is 3. The summed E-state index contributed by atoms with van der Waals surface area (Å²) in [5, 5.41) is 0. The minimum Gasteiger partial charge on any atom is -0.493 e. The van der Waals surface area contributed by atoms with Crippen molar-refractivity contribution < 1.29 is 14.2 Å². The summed E-state index contributed by atoms with van der Waals surface area (Å²) in [5.41, 5.74) is 3.71. The van der Waals surface area contributed by atoms with Gasteiger partial charge in [0.2, 0.25) is 0 Å². The first-order valence-corrected chi connectivity index (χ1v) is 6.31. The van der Waals surface area contributed by atoms with Gasteiger partial charge in [-0.2, -0.15) is 0 Å². The molecule has 2 aliphatic rings. The molecule has 17 heavy (non-hydrogen) atoms. The fourth-order valence-corrected chi connectivity index (χ4v) is 2.85. The van der Waals surface area contributed by atoms with Crippen LogP contribution in [0.15, 0.2) is 0 Å². The third-order valence-electron chi connectivity index (χ3n) is 3.66. The van der Waals surface area contributed by atoms with Crippen molar-refractivity contribution in [2.75, 3.05) is 20.3 Å². The lowest BCUT2D eigenvalue weighted by molar-refractivity contribution is 0.251. The van der Waals surface area contributed by atoms with E-state index in [1.165, 1.54) is 16.7 Å². The Kier molecular flexibility index (Phi) is 2.61. The van der Waals surface area contributed by atoms with Crippen LogP contribution in [0.5, 0.6) is 17.2 Å². The van der Waals surface area contributed by atoms with E-state index in [2.05, 4.69) is 6.92 Å². The summed E-state index contributed by atoms with van der Waals surface area (Å²) in [6.45, 7) is 3.75. The van der Waals surface area contributed by atoms with Crippen LogP contribution in [-0.2, 0) is 12.8 Å². The zero-order valence-electron chi connectivity index (χ0n) is 10.5.